The summed E-state index contributed by atoms with van der Waals surface area (Å²) < 4.78 is 18.2. The van der Waals surface area contributed by atoms with Crippen molar-refractivity contribution in [2.45, 2.75) is 13.0 Å². The van der Waals surface area contributed by atoms with Gasteiger partial charge in [-0.05, 0) is 55.0 Å². The third kappa shape index (κ3) is 4.19. The summed E-state index contributed by atoms with van der Waals surface area (Å²) in [5.74, 6) is 2.29. The predicted molar refractivity (Wildman–Crippen MR) is 144 cm³/mol. The number of allylic oxidation sites excluding steroid dienone is 1. The minimum absolute atomic E-state index is 0.134. The Kier molecular flexibility index (Phi) is 6.09. The van der Waals surface area contributed by atoms with E-state index in [1.165, 1.54) is 0 Å². The Morgan fingerprint density at radius 1 is 1.11 bits per heavy atom. The lowest BCUT2D eigenvalue weighted by molar-refractivity contribution is -0.113. The largest absolute Gasteiger partial charge is 0.495 e. The van der Waals surface area contributed by atoms with Crippen LogP contribution in [0.2, 0.25) is 10.0 Å². The zero-order valence-corrected chi connectivity index (χ0v) is 21.8. The predicted octanol–water partition coefficient (Wildman–Crippen LogP) is 5.92. The van der Waals surface area contributed by atoms with Crippen LogP contribution in [0.5, 0.6) is 17.2 Å². The van der Waals surface area contributed by atoms with Gasteiger partial charge in [-0.3, -0.25) is 4.79 Å². The van der Waals surface area contributed by atoms with Gasteiger partial charge < -0.3 is 24.8 Å². The summed E-state index contributed by atoms with van der Waals surface area (Å²) >= 11 is 12.6. The van der Waals surface area contributed by atoms with E-state index >= 15 is 0 Å². The SMILES string of the molecule is COc1ccccc1NC(=O)C1=C(C)Nc2nc(-c3ccc(Cl)cc3Cl)nn2C1c1ccc2c(c1)OCO2. The van der Waals surface area contributed by atoms with Crippen LogP contribution in [0.25, 0.3) is 11.4 Å². The van der Waals surface area contributed by atoms with E-state index in [1.54, 1.807) is 42.1 Å². The number of nitrogens with one attached hydrogen (secondary N) is 2. The van der Waals surface area contributed by atoms with Crippen LogP contribution >= 0.6 is 23.2 Å². The maximum atomic E-state index is 13.8. The van der Waals surface area contributed by atoms with Crippen LogP contribution in [0.4, 0.5) is 11.6 Å². The van der Waals surface area contributed by atoms with E-state index in [4.69, 9.17) is 42.5 Å². The smallest absolute Gasteiger partial charge is 0.255 e. The van der Waals surface area contributed by atoms with E-state index in [9.17, 15) is 4.79 Å². The van der Waals surface area contributed by atoms with Crippen LogP contribution in [0.3, 0.4) is 0 Å². The van der Waals surface area contributed by atoms with Gasteiger partial charge in [-0.15, -0.1) is 5.10 Å². The van der Waals surface area contributed by atoms with Gasteiger partial charge in [-0.25, -0.2) is 4.68 Å². The second kappa shape index (κ2) is 9.59. The first-order valence-electron chi connectivity index (χ1n) is 11.7. The molecule has 0 saturated carbocycles. The molecule has 9 nitrogen and oxygen atoms in total. The summed E-state index contributed by atoms with van der Waals surface area (Å²) in [6.07, 6.45) is 0. The fourth-order valence-corrected chi connectivity index (χ4v) is 5.05. The van der Waals surface area contributed by atoms with E-state index in [1.807, 2.05) is 37.3 Å². The van der Waals surface area contributed by atoms with E-state index in [0.29, 0.717) is 61.6 Å². The molecule has 2 aliphatic heterocycles. The molecule has 4 aromatic rings. The van der Waals surface area contributed by atoms with Crippen LogP contribution in [0.15, 0.2) is 71.9 Å². The highest BCUT2D eigenvalue weighted by molar-refractivity contribution is 6.36. The first-order chi connectivity index (χ1) is 18.4. The third-order valence-corrected chi connectivity index (χ3v) is 6.88. The molecule has 0 bridgehead atoms. The zero-order valence-electron chi connectivity index (χ0n) is 20.3. The molecule has 2 aliphatic rings. The number of rotatable bonds is 5. The van der Waals surface area contributed by atoms with Crippen molar-refractivity contribution in [3.8, 4) is 28.6 Å². The Morgan fingerprint density at radius 2 is 1.92 bits per heavy atom. The molecule has 1 unspecified atom stereocenters. The highest BCUT2D eigenvalue weighted by atomic mass is 35.5. The second-order valence-corrected chi connectivity index (χ2v) is 9.50. The van der Waals surface area contributed by atoms with Crippen LogP contribution in [0.1, 0.15) is 18.5 Å². The fraction of sp³-hybridized carbons (Fsp3) is 0.148. The Hall–Kier alpha value is -4.21. The number of aromatic nitrogens is 3. The third-order valence-electron chi connectivity index (χ3n) is 6.34. The van der Waals surface area contributed by atoms with E-state index < -0.39 is 6.04 Å². The Balaban J connectivity index is 1.47. The molecule has 38 heavy (non-hydrogen) atoms. The fourth-order valence-electron chi connectivity index (χ4n) is 4.56. The molecule has 1 aromatic heterocycles. The molecule has 2 N–H and O–H groups in total. The summed E-state index contributed by atoms with van der Waals surface area (Å²) in [6, 6.07) is 17.3. The minimum Gasteiger partial charge on any atom is -0.495 e. The number of hydrogen-bond acceptors (Lipinski definition) is 7. The number of anilines is 2. The molecule has 1 amide bonds. The van der Waals surface area contributed by atoms with Gasteiger partial charge in [0.2, 0.25) is 12.7 Å². The first kappa shape index (κ1) is 24.1. The average Bonchev–Trinajstić information content (AvgIpc) is 3.54. The number of fused-ring (bicyclic) bond motifs is 2. The number of carbonyl (C=O) groups excluding carboxylic acids is 1. The van der Waals surface area contributed by atoms with Crippen molar-refractivity contribution in [2.75, 3.05) is 24.5 Å². The lowest BCUT2D eigenvalue weighted by Gasteiger charge is -2.29. The Morgan fingerprint density at radius 3 is 2.74 bits per heavy atom. The zero-order chi connectivity index (χ0) is 26.4. The van der Waals surface area contributed by atoms with Gasteiger partial charge >= 0.3 is 0 Å². The number of benzene rings is 3. The number of carbonyl (C=O) groups is 1. The number of methoxy groups -OCH3 is 1. The number of nitrogens with zero attached hydrogens (tertiary/aromatic N) is 3. The number of halogens is 2. The molecule has 0 fully saturated rings. The molecule has 3 heterocycles. The second-order valence-electron chi connectivity index (χ2n) is 8.66. The minimum atomic E-state index is -0.636. The van der Waals surface area contributed by atoms with Gasteiger partial charge in [0.1, 0.15) is 11.8 Å². The molecule has 6 rings (SSSR count). The molecule has 11 heteroatoms. The van der Waals surface area contributed by atoms with Gasteiger partial charge in [0.15, 0.2) is 17.3 Å². The molecule has 0 aliphatic carbocycles. The van der Waals surface area contributed by atoms with Crippen molar-refractivity contribution in [1.82, 2.24) is 14.8 Å². The van der Waals surface area contributed by atoms with Gasteiger partial charge in [0.25, 0.3) is 5.91 Å². The number of ether oxygens (including phenoxy) is 3. The summed E-state index contributed by atoms with van der Waals surface area (Å²) in [7, 11) is 1.55. The maximum Gasteiger partial charge on any atom is 0.255 e. The highest BCUT2D eigenvalue weighted by Crippen LogP contribution is 2.42. The standard InChI is InChI=1S/C27H21Cl2N5O4/c1-14-23(26(35)31-19-5-3-4-6-20(19)36-2)24(15-7-10-21-22(11-15)38-13-37-21)34-27(30-14)32-25(33-34)17-9-8-16(28)12-18(17)29/h3-12,24H,13H2,1-2H3,(H,31,35)(H,30,32,33). The van der Waals surface area contributed by atoms with Crippen molar-refractivity contribution < 1.29 is 19.0 Å². The lowest BCUT2D eigenvalue weighted by atomic mass is 9.94. The highest BCUT2D eigenvalue weighted by Gasteiger charge is 2.36. The molecular formula is C27H21Cl2N5O4. The number of para-hydroxylation sites is 2. The first-order valence-corrected chi connectivity index (χ1v) is 12.4. The van der Waals surface area contributed by atoms with Crippen molar-refractivity contribution in [1.29, 1.82) is 0 Å². The molecule has 192 valence electrons. The topological polar surface area (TPSA) is 99.5 Å². The summed E-state index contributed by atoms with van der Waals surface area (Å²) in [4.78, 5) is 18.5. The average molecular weight is 550 g/mol. The van der Waals surface area contributed by atoms with E-state index in [-0.39, 0.29) is 12.7 Å². The number of amides is 1. The molecule has 3 aromatic carbocycles. The maximum absolute atomic E-state index is 13.8. The molecule has 0 spiro atoms. The monoisotopic (exact) mass is 549 g/mol. The van der Waals surface area contributed by atoms with E-state index in [0.717, 1.165) is 5.56 Å². The Bertz CT molecular complexity index is 1620. The molecule has 0 radical (unpaired) electrons. The number of hydrogen-bond donors (Lipinski definition) is 2. The van der Waals surface area contributed by atoms with Crippen LogP contribution in [-0.4, -0.2) is 34.6 Å². The van der Waals surface area contributed by atoms with Gasteiger partial charge in [0, 0.05) is 16.3 Å². The van der Waals surface area contributed by atoms with Gasteiger partial charge in [-0.2, -0.15) is 4.98 Å². The van der Waals surface area contributed by atoms with Crippen LogP contribution < -0.4 is 24.8 Å². The summed E-state index contributed by atoms with van der Waals surface area (Å²) in [6.45, 7) is 1.96. The molecule has 1 atom stereocenters. The molecular weight excluding hydrogens is 529 g/mol. The van der Waals surface area contributed by atoms with Crippen LogP contribution in [0, 0.1) is 0 Å². The van der Waals surface area contributed by atoms with Crippen molar-refractivity contribution in [3.63, 3.8) is 0 Å². The Labute approximate surface area is 227 Å². The lowest BCUT2D eigenvalue weighted by Crippen LogP contribution is -2.31. The van der Waals surface area contributed by atoms with E-state index in [2.05, 4.69) is 15.6 Å². The van der Waals surface area contributed by atoms with Crippen molar-refractivity contribution in [2.24, 2.45) is 0 Å². The van der Waals surface area contributed by atoms with Crippen LogP contribution in [-0.2, 0) is 4.79 Å². The normalized spacial score (nSPS) is 15.6. The summed E-state index contributed by atoms with van der Waals surface area (Å²) in [5, 5.41) is 11.9. The van der Waals surface area contributed by atoms with Gasteiger partial charge in [0.05, 0.1) is 23.4 Å². The van der Waals surface area contributed by atoms with Crippen molar-refractivity contribution >= 4 is 40.7 Å². The quantitative estimate of drug-likeness (QED) is 0.319. The summed E-state index contributed by atoms with van der Waals surface area (Å²) in [5.41, 5.74) is 2.99. The van der Waals surface area contributed by atoms with Gasteiger partial charge in [-0.1, -0.05) is 41.4 Å². The van der Waals surface area contributed by atoms with Crippen molar-refractivity contribution in [3.05, 3.63) is 87.5 Å². The molecule has 0 saturated heterocycles.